The molecule has 2 saturated heterocycles. The predicted molar refractivity (Wildman–Crippen MR) is 83.6 cm³/mol. The molecular weight excluding hydrogens is 284 g/mol. The van der Waals surface area contributed by atoms with Crippen molar-refractivity contribution in [1.82, 2.24) is 10.2 Å². The van der Waals surface area contributed by atoms with E-state index in [2.05, 4.69) is 5.32 Å². The highest BCUT2D eigenvalue weighted by atomic mass is 16.6. The third-order valence-electron chi connectivity index (χ3n) is 4.97. The largest absolute Gasteiger partial charge is 0.444 e. The summed E-state index contributed by atoms with van der Waals surface area (Å²) in [5.41, 5.74) is -2.12. The smallest absolute Gasteiger partial charge is 0.410 e. The number of amides is 1. The zero-order valence-corrected chi connectivity index (χ0v) is 14.0. The van der Waals surface area contributed by atoms with Crippen LogP contribution in [0.3, 0.4) is 0 Å². The first-order valence-electron chi connectivity index (χ1n) is 8.23. The van der Waals surface area contributed by atoms with Gasteiger partial charge in [0.05, 0.1) is 18.8 Å². The first-order chi connectivity index (χ1) is 10.2. The first-order valence-corrected chi connectivity index (χ1v) is 8.23. The summed E-state index contributed by atoms with van der Waals surface area (Å²) in [6.45, 7) is 7.87. The molecule has 6 heteroatoms. The highest BCUT2D eigenvalue weighted by Gasteiger charge is 2.52. The second kappa shape index (κ2) is 6.34. The first kappa shape index (κ1) is 17.5. The van der Waals surface area contributed by atoms with E-state index in [4.69, 9.17) is 4.74 Å². The molecule has 0 bridgehead atoms. The summed E-state index contributed by atoms with van der Waals surface area (Å²) in [6, 6.07) is 0. The van der Waals surface area contributed by atoms with Gasteiger partial charge < -0.3 is 25.2 Å². The quantitative estimate of drug-likeness (QED) is 0.711. The Kier molecular flexibility index (Phi) is 5.04. The molecule has 2 fully saturated rings. The van der Waals surface area contributed by atoms with E-state index in [1.807, 2.05) is 20.8 Å². The molecule has 6 nitrogen and oxygen atoms in total. The molecule has 0 radical (unpaired) electrons. The molecule has 0 saturated carbocycles. The summed E-state index contributed by atoms with van der Waals surface area (Å²) in [6.07, 6.45) is 2.41. The Bertz CT molecular complexity index is 401. The number of aliphatic hydroxyl groups is 2. The molecule has 1 amide bonds. The number of piperidine rings is 2. The highest BCUT2D eigenvalue weighted by Crippen LogP contribution is 2.44. The van der Waals surface area contributed by atoms with E-state index in [1.165, 1.54) is 0 Å². The normalized spacial score (nSPS) is 29.2. The number of aliphatic hydroxyl groups excluding tert-OH is 1. The maximum absolute atomic E-state index is 12.3. The average Bonchev–Trinajstić information content (AvgIpc) is 2.46. The fourth-order valence-electron chi connectivity index (χ4n) is 3.63. The minimum Gasteiger partial charge on any atom is -0.444 e. The average molecular weight is 314 g/mol. The van der Waals surface area contributed by atoms with Crippen LogP contribution in [-0.4, -0.2) is 65.2 Å². The third-order valence-corrected chi connectivity index (χ3v) is 4.97. The molecule has 0 aliphatic carbocycles. The summed E-state index contributed by atoms with van der Waals surface area (Å²) in [4.78, 5) is 13.9. The van der Waals surface area contributed by atoms with Gasteiger partial charge in [-0.05, 0) is 59.5 Å². The van der Waals surface area contributed by atoms with Gasteiger partial charge in [-0.1, -0.05) is 0 Å². The van der Waals surface area contributed by atoms with Crippen LogP contribution in [0.2, 0.25) is 0 Å². The van der Waals surface area contributed by atoms with Crippen molar-refractivity contribution in [2.45, 2.75) is 57.7 Å². The Balaban J connectivity index is 2.12. The fourth-order valence-corrected chi connectivity index (χ4v) is 3.63. The summed E-state index contributed by atoms with van der Waals surface area (Å²) < 4.78 is 5.43. The minimum absolute atomic E-state index is 0.0483. The maximum atomic E-state index is 12.3. The van der Waals surface area contributed by atoms with Crippen molar-refractivity contribution in [3.8, 4) is 0 Å². The van der Waals surface area contributed by atoms with E-state index in [9.17, 15) is 15.0 Å². The van der Waals surface area contributed by atoms with E-state index in [0.717, 1.165) is 32.4 Å². The molecular formula is C16H30N2O4. The number of carbonyl (C=O) groups excluding carboxylic acids is 1. The van der Waals surface area contributed by atoms with Gasteiger partial charge in [0.2, 0.25) is 0 Å². The van der Waals surface area contributed by atoms with E-state index in [0.29, 0.717) is 13.0 Å². The van der Waals surface area contributed by atoms with Crippen LogP contribution in [0.1, 0.15) is 46.5 Å². The van der Waals surface area contributed by atoms with Crippen LogP contribution in [0.15, 0.2) is 0 Å². The Hall–Kier alpha value is -0.850. The molecule has 22 heavy (non-hydrogen) atoms. The Labute approximate surface area is 132 Å². The van der Waals surface area contributed by atoms with Crippen molar-refractivity contribution in [1.29, 1.82) is 0 Å². The number of β-amino-alcohol motifs (C(OH)–C–C–N with tert-alkyl or cyclic N) is 1. The summed E-state index contributed by atoms with van der Waals surface area (Å²) >= 11 is 0. The molecule has 2 heterocycles. The standard InChI is InChI=1S/C16H30N2O4/c1-14(2,3)22-13(20)18-10-4-5-16(21,11-18)15(12-19)6-8-17-9-7-15/h17,19,21H,4-12H2,1-3H3. The van der Waals surface area contributed by atoms with Gasteiger partial charge in [0.25, 0.3) is 0 Å². The molecule has 1 unspecified atom stereocenters. The van der Waals surface area contributed by atoms with Crippen molar-refractivity contribution >= 4 is 6.09 Å². The van der Waals surface area contributed by atoms with Crippen LogP contribution in [0.5, 0.6) is 0 Å². The van der Waals surface area contributed by atoms with Gasteiger partial charge in [-0.2, -0.15) is 0 Å². The zero-order valence-electron chi connectivity index (χ0n) is 14.0. The molecule has 1 atom stereocenters. The molecule has 2 rings (SSSR count). The highest BCUT2D eigenvalue weighted by molar-refractivity contribution is 5.68. The van der Waals surface area contributed by atoms with Crippen LogP contribution < -0.4 is 5.32 Å². The zero-order chi connectivity index (χ0) is 16.4. The molecule has 2 aliphatic heterocycles. The van der Waals surface area contributed by atoms with Gasteiger partial charge in [0.15, 0.2) is 0 Å². The van der Waals surface area contributed by atoms with E-state index >= 15 is 0 Å². The Morgan fingerprint density at radius 2 is 1.91 bits per heavy atom. The molecule has 128 valence electrons. The van der Waals surface area contributed by atoms with Crippen LogP contribution in [0.4, 0.5) is 4.79 Å². The Morgan fingerprint density at radius 1 is 1.27 bits per heavy atom. The monoisotopic (exact) mass is 314 g/mol. The topological polar surface area (TPSA) is 82.0 Å². The molecule has 0 aromatic rings. The van der Waals surface area contributed by atoms with Crippen LogP contribution in [0, 0.1) is 5.41 Å². The van der Waals surface area contributed by atoms with Crippen molar-refractivity contribution in [3.05, 3.63) is 0 Å². The predicted octanol–water partition coefficient (Wildman–Crippen LogP) is 1.11. The number of nitrogens with one attached hydrogen (secondary N) is 1. The lowest BCUT2D eigenvalue weighted by atomic mass is 9.63. The van der Waals surface area contributed by atoms with Gasteiger partial charge in [-0.25, -0.2) is 4.79 Å². The number of hydrogen-bond donors (Lipinski definition) is 3. The maximum Gasteiger partial charge on any atom is 0.410 e. The number of carbonyl (C=O) groups is 1. The number of rotatable bonds is 2. The molecule has 3 N–H and O–H groups in total. The van der Waals surface area contributed by atoms with Crippen LogP contribution in [0.25, 0.3) is 0 Å². The summed E-state index contributed by atoms with van der Waals surface area (Å²) in [7, 11) is 0. The van der Waals surface area contributed by atoms with E-state index in [-0.39, 0.29) is 19.2 Å². The van der Waals surface area contributed by atoms with E-state index < -0.39 is 16.6 Å². The van der Waals surface area contributed by atoms with Crippen LogP contribution >= 0.6 is 0 Å². The SMILES string of the molecule is CC(C)(C)OC(=O)N1CCCC(O)(C2(CO)CCNCC2)C1. The lowest BCUT2D eigenvalue weighted by Gasteiger charge is -2.52. The number of hydrogen-bond acceptors (Lipinski definition) is 5. The number of likely N-dealkylation sites (tertiary alicyclic amines) is 1. The van der Waals surface area contributed by atoms with Gasteiger partial charge in [-0.3, -0.25) is 0 Å². The van der Waals surface area contributed by atoms with Gasteiger partial charge in [0.1, 0.15) is 5.60 Å². The third kappa shape index (κ3) is 3.55. The van der Waals surface area contributed by atoms with Crippen molar-refractivity contribution in [2.24, 2.45) is 5.41 Å². The number of nitrogens with zero attached hydrogens (tertiary/aromatic N) is 1. The van der Waals surface area contributed by atoms with Gasteiger partial charge in [0, 0.05) is 12.0 Å². The summed E-state index contributed by atoms with van der Waals surface area (Å²) in [5.74, 6) is 0. The second-order valence-electron chi connectivity index (χ2n) is 7.73. The molecule has 2 aliphatic rings. The molecule has 0 aromatic carbocycles. The Morgan fingerprint density at radius 3 is 2.45 bits per heavy atom. The molecule has 0 spiro atoms. The lowest BCUT2D eigenvalue weighted by molar-refractivity contribution is -0.154. The van der Waals surface area contributed by atoms with Gasteiger partial charge in [-0.15, -0.1) is 0 Å². The lowest BCUT2D eigenvalue weighted by Crippen LogP contribution is -2.63. The van der Waals surface area contributed by atoms with Crippen molar-refractivity contribution in [2.75, 3.05) is 32.8 Å². The summed E-state index contributed by atoms with van der Waals surface area (Å²) in [5, 5.41) is 24.4. The van der Waals surface area contributed by atoms with Crippen molar-refractivity contribution in [3.63, 3.8) is 0 Å². The van der Waals surface area contributed by atoms with Gasteiger partial charge >= 0.3 is 6.09 Å². The minimum atomic E-state index is -1.04. The van der Waals surface area contributed by atoms with Crippen LogP contribution in [-0.2, 0) is 4.74 Å². The van der Waals surface area contributed by atoms with E-state index in [1.54, 1.807) is 4.90 Å². The van der Waals surface area contributed by atoms with Crippen molar-refractivity contribution < 1.29 is 19.7 Å². The number of ether oxygens (including phenoxy) is 1. The molecule has 0 aromatic heterocycles. The fraction of sp³-hybridized carbons (Fsp3) is 0.938. The second-order valence-corrected chi connectivity index (χ2v) is 7.73.